The van der Waals surface area contributed by atoms with Crippen LogP contribution in [0, 0.1) is 11.6 Å². The lowest BCUT2D eigenvalue weighted by Gasteiger charge is -2.32. The molecule has 3 heterocycles. The molecule has 2 aromatic rings. The fourth-order valence-electron chi connectivity index (χ4n) is 3.97. The average Bonchev–Trinajstić information content (AvgIpc) is 3.22. The van der Waals surface area contributed by atoms with Crippen LogP contribution in [0.15, 0.2) is 18.2 Å². The number of nitrogens with zero attached hydrogens (tertiary/aromatic N) is 5. The second-order valence-electron chi connectivity index (χ2n) is 8.33. The number of benzene rings is 1. The molecular weight excluding hydrogens is 444 g/mol. The fraction of sp³-hybridized carbons (Fsp3) is 0.565. The lowest BCUT2D eigenvalue weighted by molar-refractivity contribution is 0.152. The zero-order valence-electron chi connectivity index (χ0n) is 20.5. The van der Waals surface area contributed by atoms with Gasteiger partial charge >= 0.3 is 6.03 Å². The Bertz CT molecular complexity index is 928. The van der Waals surface area contributed by atoms with Crippen molar-refractivity contribution in [3.8, 4) is 11.3 Å². The van der Waals surface area contributed by atoms with E-state index in [1.165, 1.54) is 10.7 Å². The number of piperazine rings is 1. The highest BCUT2D eigenvalue weighted by molar-refractivity contribution is 5.79. The predicted molar refractivity (Wildman–Crippen MR) is 128 cm³/mol. The molecule has 1 amide bonds. The van der Waals surface area contributed by atoms with Gasteiger partial charge in [-0.3, -0.25) is 0 Å². The molecule has 0 saturated carbocycles. The molecule has 1 fully saturated rings. The molecule has 0 atom stereocenters. The van der Waals surface area contributed by atoms with Crippen molar-refractivity contribution in [1.82, 2.24) is 29.8 Å². The van der Waals surface area contributed by atoms with Gasteiger partial charge in [0.25, 0.3) is 0 Å². The minimum absolute atomic E-state index is 0.141. The second kappa shape index (κ2) is 13.4. The normalized spacial score (nSPS) is 16.2. The molecule has 0 unspecified atom stereocenters. The number of likely N-dealkylation sites (N-methyl/N-ethyl adjacent to an activating group) is 2. The van der Waals surface area contributed by atoms with Crippen molar-refractivity contribution < 1.29 is 18.8 Å². The molecule has 9 nitrogen and oxygen atoms in total. The third-order valence-corrected chi connectivity index (χ3v) is 5.90. The maximum atomic E-state index is 13.8. The Morgan fingerprint density at radius 2 is 1.68 bits per heavy atom. The maximum Gasteiger partial charge on any atom is 0.345 e. The quantitative estimate of drug-likeness (QED) is 0.576. The van der Waals surface area contributed by atoms with Crippen molar-refractivity contribution in [3.63, 3.8) is 0 Å². The minimum atomic E-state index is -0.912. The van der Waals surface area contributed by atoms with E-state index >= 15 is 0 Å². The number of hydrogen-bond donors (Lipinski definition) is 3. The van der Waals surface area contributed by atoms with Crippen LogP contribution < -0.4 is 11.2 Å². The molecule has 2 aliphatic rings. The van der Waals surface area contributed by atoms with Gasteiger partial charge in [0.1, 0.15) is 0 Å². The van der Waals surface area contributed by atoms with Crippen molar-refractivity contribution >= 4 is 6.03 Å². The maximum absolute atomic E-state index is 13.8. The number of halogens is 2. The van der Waals surface area contributed by atoms with Crippen LogP contribution in [0.2, 0.25) is 0 Å². The van der Waals surface area contributed by atoms with Gasteiger partial charge < -0.3 is 25.2 Å². The van der Waals surface area contributed by atoms with E-state index in [0.717, 1.165) is 56.1 Å². The summed E-state index contributed by atoms with van der Waals surface area (Å²) in [6, 6.07) is 3.63. The van der Waals surface area contributed by atoms with Gasteiger partial charge in [-0.05, 0) is 45.4 Å². The number of fused-ring (bicyclic) bond motifs is 1. The first-order valence-corrected chi connectivity index (χ1v) is 11.5. The van der Waals surface area contributed by atoms with Crippen LogP contribution in [0.1, 0.15) is 25.1 Å². The molecule has 0 spiro atoms. The van der Waals surface area contributed by atoms with Crippen LogP contribution in [-0.4, -0.2) is 95.6 Å². The third-order valence-electron chi connectivity index (χ3n) is 5.90. The number of rotatable bonds is 3. The molecule has 2 aliphatic heterocycles. The first-order valence-electron chi connectivity index (χ1n) is 11.5. The van der Waals surface area contributed by atoms with E-state index in [1.807, 2.05) is 14.1 Å². The molecule has 1 aromatic heterocycles. The molecule has 11 heteroatoms. The number of carbonyl (C=O) groups is 1. The monoisotopic (exact) mass is 481 g/mol. The summed E-state index contributed by atoms with van der Waals surface area (Å²) in [5.74, 6) is 1.70. The van der Waals surface area contributed by atoms with E-state index in [0.29, 0.717) is 37.3 Å². The molecule has 4 N–H and O–H groups in total. The standard InChI is InChI=1S/C19H23F2N5O.C4H11N.H3NO/c1-23-7-9-25(10-8-23)19(27)26-17-5-6-24(2)12-14(17)18(22-26)13-3-4-15(20)16(21)11-13;1-3-5-4-2;1-2/h3-4,11H,5-10,12H2,1-2H3;5H,3-4H2,1-2H3;2H,1H2. The van der Waals surface area contributed by atoms with Crippen LogP contribution in [0.5, 0.6) is 0 Å². The van der Waals surface area contributed by atoms with Crippen LogP contribution in [0.3, 0.4) is 0 Å². The third kappa shape index (κ3) is 6.80. The summed E-state index contributed by atoms with van der Waals surface area (Å²) in [7, 11) is 4.03. The number of amides is 1. The molecule has 0 aliphatic carbocycles. The first kappa shape index (κ1) is 27.8. The smallest absolute Gasteiger partial charge is 0.320 e. The van der Waals surface area contributed by atoms with Crippen molar-refractivity contribution in [3.05, 3.63) is 41.1 Å². The van der Waals surface area contributed by atoms with Crippen molar-refractivity contribution in [1.29, 1.82) is 0 Å². The first-order chi connectivity index (χ1) is 16.3. The zero-order valence-corrected chi connectivity index (χ0v) is 20.5. The molecule has 1 aromatic carbocycles. The van der Waals surface area contributed by atoms with Gasteiger partial charge in [-0.1, -0.05) is 13.8 Å². The second-order valence-corrected chi connectivity index (χ2v) is 8.33. The lowest BCUT2D eigenvalue weighted by Crippen LogP contribution is -2.49. The van der Waals surface area contributed by atoms with Crippen LogP contribution in [0.4, 0.5) is 13.6 Å². The summed E-state index contributed by atoms with van der Waals surface area (Å²) in [6.45, 7) is 10.8. The number of hydrogen-bond acceptors (Lipinski definition) is 7. The van der Waals surface area contributed by atoms with Gasteiger partial charge in [0.15, 0.2) is 11.6 Å². The number of aromatic nitrogens is 2. The topological polar surface area (TPSA) is 103 Å². The van der Waals surface area contributed by atoms with Crippen LogP contribution in [0.25, 0.3) is 11.3 Å². The summed E-state index contributed by atoms with van der Waals surface area (Å²) in [5, 5.41) is 14.2. The van der Waals surface area contributed by atoms with Gasteiger partial charge in [-0.25, -0.2) is 19.5 Å². The fourth-order valence-corrected chi connectivity index (χ4v) is 3.97. The summed E-state index contributed by atoms with van der Waals surface area (Å²) >= 11 is 0. The largest absolute Gasteiger partial charge is 0.345 e. The number of carbonyl (C=O) groups excluding carboxylic acids is 1. The van der Waals surface area contributed by atoms with Gasteiger partial charge in [0, 0.05) is 56.8 Å². The summed E-state index contributed by atoms with van der Waals surface area (Å²) < 4.78 is 28.6. The van der Waals surface area contributed by atoms with E-state index in [-0.39, 0.29) is 6.03 Å². The Labute approximate surface area is 200 Å². The number of nitrogens with one attached hydrogen (secondary N) is 1. The Morgan fingerprint density at radius 3 is 2.24 bits per heavy atom. The van der Waals surface area contributed by atoms with Crippen molar-refractivity contribution in [2.24, 2.45) is 5.90 Å². The Hall–Kier alpha value is -2.44. The Kier molecular flexibility index (Phi) is 11.0. The van der Waals surface area contributed by atoms with Crippen molar-refractivity contribution in [2.45, 2.75) is 26.8 Å². The Morgan fingerprint density at radius 1 is 1.03 bits per heavy atom. The van der Waals surface area contributed by atoms with Crippen molar-refractivity contribution in [2.75, 3.05) is 59.9 Å². The van der Waals surface area contributed by atoms with Crippen LogP contribution in [-0.2, 0) is 13.0 Å². The van der Waals surface area contributed by atoms with E-state index in [1.54, 1.807) is 4.90 Å². The van der Waals surface area contributed by atoms with Crippen LogP contribution >= 0.6 is 0 Å². The van der Waals surface area contributed by atoms with Gasteiger partial charge in [0.05, 0.1) is 11.4 Å². The highest BCUT2D eigenvalue weighted by Crippen LogP contribution is 2.31. The summed E-state index contributed by atoms with van der Waals surface area (Å²) in [4.78, 5) is 19.2. The molecule has 190 valence electrons. The highest BCUT2D eigenvalue weighted by atomic mass is 19.2. The Balaban J connectivity index is 0.000000520. The van der Waals surface area contributed by atoms with E-state index in [2.05, 4.69) is 40.0 Å². The molecule has 0 radical (unpaired) electrons. The van der Waals surface area contributed by atoms with E-state index in [9.17, 15) is 13.6 Å². The minimum Gasteiger partial charge on any atom is -0.320 e. The number of nitrogens with two attached hydrogens (primary N) is 1. The SMILES string of the molecule is CCNCC.CN1CCN(C(=O)n2nc(-c3ccc(F)c(F)c3)c3c2CCN(C)C3)CC1.NO. The molecule has 4 rings (SSSR count). The predicted octanol–water partition coefficient (Wildman–Crippen LogP) is 1.98. The highest BCUT2D eigenvalue weighted by Gasteiger charge is 2.30. The zero-order chi connectivity index (χ0) is 25.3. The van der Waals surface area contributed by atoms with E-state index < -0.39 is 11.6 Å². The molecule has 34 heavy (non-hydrogen) atoms. The van der Waals surface area contributed by atoms with Gasteiger partial charge in [-0.15, -0.1) is 0 Å². The molecule has 0 bridgehead atoms. The molecular formula is C23H37F2N7O2. The van der Waals surface area contributed by atoms with Gasteiger partial charge in [0.2, 0.25) is 0 Å². The lowest BCUT2D eigenvalue weighted by atomic mass is 10.0. The summed E-state index contributed by atoms with van der Waals surface area (Å²) in [5.41, 5.74) is 2.83. The average molecular weight is 482 g/mol. The van der Waals surface area contributed by atoms with E-state index in [4.69, 9.17) is 5.21 Å². The molecule has 1 saturated heterocycles. The van der Waals surface area contributed by atoms with Gasteiger partial charge in [-0.2, -0.15) is 9.78 Å². The summed E-state index contributed by atoms with van der Waals surface area (Å²) in [6.07, 6.45) is 0.696.